The molecule has 0 atom stereocenters. The summed E-state index contributed by atoms with van der Waals surface area (Å²) in [5.74, 6) is 0. The Labute approximate surface area is 100 Å². The lowest BCUT2D eigenvalue weighted by molar-refractivity contribution is 0.547. The van der Waals surface area contributed by atoms with Crippen LogP contribution in [0.25, 0.3) is 0 Å². The Bertz CT molecular complexity index is 123. The first-order chi connectivity index (χ1) is 7.24. The molecule has 0 amide bonds. The number of rotatable bonds is 10. The van der Waals surface area contributed by atoms with Crippen molar-refractivity contribution in [1.82, 2.24) is 0 Å². The largest absolute Gasteiger partial charge is 0.460 e. The quantitative estimate of drug-likeness (QED) is 0.417. The summed E-state index contributed by atoms with van der Waals surface area (Å²) in [7, 11) is -1.46. The van der Waals surface area contributed by atoms with Gasteiger partial charge in [0.1, 0.15) is 9.76 Å². The number of hydrogen-bond acceptors (Lipinski definition) is 1. The van der Waals surface area contributed by atoms with Crippen molar-refractivity contribution in [1.29, 1.82) is 0 Å². The second-order valence-electron chi connectivity index (χ2n) is 4.64. The molecule has 0 aliphatic heterocycles. The third-order valence-electron chi connectivity index (χ3n) is 3.02. The summed E-state index contributed by atoms with van der Waals surface area (Å²) in [6, 6.07) is 5.61. The van der Waals surface area contributed by atoms with Gasteiger partial charge in [-0.25, -0.2) is 0 Å². The van der Waals surface area contributed by atoms with E-state index in [0.29, 0.717) is 0 Å². The maximum Gasteiger partial charge on any atom is 0.179 e. The summed E-state index contributed by atoms with van der Waals surface area (Å²) in [5, 5.41) is 0. The molecule has 0 bridgehead atoms. The monoisotopic (exact) mass is 246 g/mol. The van der Waals surface area contributed by atoms with E-state index in [9.17, 15) is 0 Å². The zero-order valence-corrected chi connectivity index (χ0v) is 13.7. The molecule has 0 rings (SSSR count). The van der Waals surface area contributed by atoms with Crippen LogP contribution in [-0.2, 0) is 4.12 Å². The lowest BCUT2D eigenvalue weighted by Crippen LogP contribution is -2.39. The van der Waals surface area contributed by atoms with E-state index in [1.165, 1.54) is 49.9 Å². The van der Waals surface area contributed by atoms with E-state index < -0.39 is 8.32 Å². The Morgan fingerprint density at radius 2 is 1.27 bits per heavy atom. The van der Waals surface area contributed by atoms with Crippen molar-refractivity contribution in [3.8, 4) is 0 Å². The van der Waals surface area contributed by atoms with Crippen molar-refractivity contribution < 1.29 is 4.12 Å². The molecule has 0 aliphatic rings. The van der Waals surface area contributed by atoms with Crippen molar-refractivity contribution >= 4 is 18.1 Å². The third-order valence-corrected chi connectivity index (χ3v) is 11.5. The minimum absolute atomic E-state index is 0.192. The molecule has 1 nitrogen and oxygen atoms in total. The van der Waals surface area contributed by atoms with Crippen LogP contribution in [0.4, 0.5) is 0 Å². The zero-order valence-electron chi connectivity index (χ0n) is 11.3. The minimum Gasteiger partial charge on any atom is -0.460 e. The Kier molecular flexibility index (Phi) is 9.86. The molecule has 0 fully saturated rings. The molecule has 0 saturated carbocycles. The molecule has 0 saturated heterocycles. The first kappa shape index (κ1) is 15.4. The van der Waals surface area contributed by atoms with Crippen LogP contribution in [0, 0.1) is 0 Å². The van der Waals surface area contributed by atoms with Crippen LogP contribution in [0.5, 0.6) is 0 Å². The summed E-state index contributed by atoms with van der Waals surface area (Å²) in [4.78, 5) is 0. The van der Waals surface area contributed by atoms with E-state index in [0.717, 1.165) is 0 Å². The van der Waals surface area contributed by atoms with Crippen molar-refractivity contribution in [3.63, 3.8) is 0 Å². The molecule has 0 aromatic rings. The van der Waals surface area contributed by atoms with Gasteiger partial charge in [-0.2, -0.15) is 0 Å². The smallest absolute Gasteiger partial charge is 0.179 e. The van der Waals surface area contributed by atoms with Gasteiger partial charge in [0.25, 0.3) is 0 Å². The molecule has 0 radical (unpaired) electrons. The summed E-state index contributed by atoms with van der Waals surface area (Å²) < 4.78 is 6.47. The van der Waals surface area contributed by atoms with Gasteiger partial charge in [-0.15, -0.1) is 0 Å². The normalized spacial score (nSPS) is 12.8. The summed E-state index contributed by atoms with van der Waals surface area (Å²) in [6.45, 7) is 9.23. The topological polar surface area (TPSA) is 9.23 Å². The molecular weight excluding hydrogens is 216 g/mol. The molecule has 92 valence electrons. The first-order valence-electron chi connectivity index (χ1n) is 6.88. The van der Waals surface area contributed by atoms with Gasteiger partial charge in [0, 0.05) is 0 Å². The lowest BCUT2D eigenvalue weighted by Gasteiger charge is -2.31. The van der Waals surface area contributed by atoms with Gasteiger partial charge < -0.3 is 4.12 Å². The SMILES string of the molecule is CCC[SiH2]O[Si](CCC)(CCC)CCC. The third kappa shape index (κ3) is 6.53. The van der Waals surface area contributed by atoms with Gasteiger partial charge >= 0.3 is 0 Å². The summed E-state index contributed by atoms with van der Waals surface area (Å²) in [5.41, 5.74) is 0. The average molecular weight is 247 g/mol. The zero-order chi connectivity index (χ0) is 11.6. The van der Waals surface area contributed by atoms with Crippen LogP contribution in [0.1, 0.15) is 53.4 Å². The highest BCUT2D eigenvalue weighted by Crippen LogP contribution is 2.27. The van der Waals surface area contributed by atoms with Gasteiger partial charge in [-0.1, -0.05) is 53.4 Å². The van der Waals surface area contributed by atoms with Crippen molar-refractivity contribution in [2.75, 3.05) is 0 Å². The van der Waals surface area contributed by atoms with Crippen LogP contribution < -0.4 is 0 Å². The molecule has 0 aliphatic carbocycles. The lowest BCUT2D eigenvalue weighted by atomic mass is 10.6. The molecule has 15 heavy (non-hydrogen) atoms. The maximum absolute atomic E-state index is 6.47. The second-order valence-corrected chi connectivity index (χ2v) is 10.8. The van der Waals surface area contributed by atoms with E-state index >= 15 is 0 Å². The van der Waals surface area contributed by atoms with Crippen molar-refractivity contribution in [2.45, 2.75) is 77.6 Å². The fraction of sp³-hybridized carbons (Fsp3) is 1.00. The molecule has 0 aromatic carbocycles. The predicted octanol–water partition coefficient (Wildman–Crippen LogP) is 4.09. The van der Waals surface area contributed by atoms with Crippen LogP contribution in [0.15, 0.2) is 0 Å². The number of hydrogen-bond donors (Lipinski definition) is 0. The summed E-state index contributed by atoms with van der Waals surface area (Å²) >= 11 is 0. The molecule has 0 N–H and O–H groups in total. The van der Waals surface area contributed by atoms with Gasteiger partial charge in [-0.3, -0.25) is 0 Å². The van der Waals surface area contributed by atoms with E-state index in [1.54, 1.807) is 0 Å². The second kappa shape index (κ2) is 9.61. The minimum atomic E-state index is -1.27. The Morgan fingerprint density at radius 3 is 1.60 bits per heavy atom. The highest BCUT2D eigenvalue weighted by atomic mass is 28.4. The van der Waals surface area contributed by atoms with E-state index in [2.05, 4.69) is 27.7 Å². The van der Waals surface area contributed by atoms with Gasteiger partial charge in [-0.05, 0) is 24.2 Å². The highest BCUT2D eigenvalue weighted by Gasteiger charge is 2.31. The Hall–Kier alpha value is 0.394. The van der Waals surface area contributed by atoms with Gasteiger partial charge in [0.15, 0.2) is 8.32 Å². The fourth-order valence-corrected chi connectivity index (χ4v) is 10.2. The molecule has 0 aromatic heterocycles. The Morgan fingerprint density at radius 1 is 0.800 bits per heavy atom. The molecule has 0 heterocycles. The molecule has 0 unspecified atom stereocenters. The highest BCUT2D eigenvalue weighted by molar-refractivity contribution is 6.77. The molecular formula is C12H30OSi2. The average Bonchev–Trinajstić information content (AvgIpc) is 2.19. The van der Waals surface area contributed by atoms with Crippen LogP contribution in [0.2, 0.25) is 24.2 Å². The van der Waals surface area contributed by atoms with Crippen molar-refractivity contribution in [2.24, 2.45) is 0 Å². The summed E-state index contributed by atoms with van der Waals surface area (Å²) in [6.07, 6.45) is 5.30. The maximum atomic E-state index is 6.47. The van der Waals surface area contributed by atoms with E-state index in [1.807, 2.05) is 0 Å². The van der Waals surface area contributed by atoms with Crippen LogP contribution in [-0.4, -0.2) is 18.1 Å². The fourth-order valence-electron chi connectivity index (χ4n) is 2.39. The standard InChI is InChI=1S/C12H30OSi2/c1-5-9-14-13-15(10-6-2,11-7-3)12-8-4/h5-12,14H2,1-4H3. The van der Waals surface area contributed by atoms with Gasteiger partial charge in [0.05, 0.1) is 0 Å². The van der Waals surface area contributed by atoms with Crippen molar-refractivity contribution in [3.05, 3.63) is 0 Å². The first-order valence-corrected chi connectivity index (χ1v) is 11.0. The molecule has 0 spiro atoms. The van der Waals surface area contributed by atoms with Crippen LogP contribution in [0.3, 0.4) is 0 Å². The van der Waals surface area contributed by atoms with E-state index in [-0.39, 0.29) is 9.76 Å². The molecule has 3 heteroatoms. The van der Waals surface area contributed by atoms with E-state index in [4.69, 9.17) is 4.12 Å². The Balaban J connectivity index is 4.18. The van der Waals surface area contributed by atoms with Gasteiger partial charge in [0.2, 0.25) is 0 Å². The predicted molar refractivity (Wildman–Crippen MR) is 75.8 cm³/mol. The van der Waals surface area contributed by atoms with Crippen LogP contribution >= 0.6 is 0 Å².